The highest BCUT2D eigenvalue weighted by Crippen LogP contribution is 2.25. The smallest absolute Gasteiger partial charge is 0.343 e. The van der Waals surface area contributed by atoms with E-state index in [0.29, 0.717) is 0 Å². The number of nitrogen functional groups attached to an aromatic ring is 1. The van der Waals surface area contributed by atoms with Gasteiger partial charge in [-0.05, 0) is 12.1 Å². The number of hydrogen-bond donors (Lipinski definition) is 1. The molecule has 0 radical (unpaired) electrons. The second-order valence-electron chi connectivity index (χ2n) is 3.39. The molecule has 2 N–H and O–H groups in total. The SMILES string of the molecule is COC(=O)CCOc1cccc(N)c1C(=O)OC. The van der Waals surface area contributed by atoms with Gasteiger partial charge in [-0.3, -0.25) is 4.79 Å². The van der Waals surface area contributed by atoms with Gasteiger partial charge in [0.2, 0.25) is 0 Å². The van der Waals surface area contributed by atoms with Gasteiger partial charge in [-0.25, -0.2) is 4.79 Å². The maximum Gasteiger partial charge on any atom is 0.343 e. The van der Waals surface area contributed by atoms with E-state index in [9.17, 15) is 9.59 Å². The lowest BCUT2D eigenvalue weighted by Gasteiger charge is -2.11. The molecule has 0 saturated carbocycles. The highest BCUT2D eigenvalue weighted by Gasteiger charge is 2.16. The maximum atomic E-state index is 11.5. The van der Waals surface area contributed by atoms with Gasteiger partial charge in [-0.2, -0.15) is 0 Å². The zero-order chi connectivity index (χ0) is 13.5. The normalized spacial score (nSPS) is 9.67. The zero-order valence-corrected chi connectivity index (χ0v) is 10.3. The van der Waals surface area contributed by atoms with Crippen LogP contribution in [0, 0.1) is 0 Å². The van der Waals surface area contributed by atoms with Gasteiger partial charge >= 0.3 is 11.9 Å². The molecular weight excluding hydrogens is 238 g/mol. The van der Waals surface area contributed by atoms with Crippen molar-refractivity contribution in [3.63, 3.8) is 0 Å². The Balaban J connectivity index is 2.79. The van der Waals surface area contributed by atoms with Gasteiger partial charge in [0.25, 0.3) is 0 Å². The van der Waals surface area contributed by atoms with E-state index < -0.39 is 11.9 Å². The molecule has 1 aromatic rings. The van der Waals surface area contributed by atoms with Crippen LogP contribution >= 0.6 is 0 Å². The van der Waals surface area contributed by atoms with E-state index in [2.05, 4.69) is 9.47 Å². The molecule has 0 aliphatic heterocycles. The fourth-order valence-corrected chi connectivity index (χ4v) is 1.34. The molecule has 18 heavy (non-hydrogen) atoms. The minimum Gasteiger partial charge on any atom is -0.492 e. The summed E-state index contributed by atoms with van der Waals surface area (Å²) in [7, 11) is 2.55. The first-order valence-electron chi connectivity index (χ1n) is 5.26. The largest absolute Gasteiger partial charge is 0.492 e. The topological polar surface area (TPSA) is 87.9 Å². The molecule has 1 rings (SSSR count). The first kappa shape index (κ1) is 13.8. The fourth-order valence-electron chi connectivity index (χ4n) is 1.34. The summed E-state index contributed by atoms with van der Waals surface area (Å²) in [4.78, 5) is 22.5. The summed E-state index contributed by atoms with van der Waals surface area (Å²) in [6.45, 7) is 0.0973. The molecule has 1 aromatic carbocycles. The summed E-state index contributed by atoms with van der Waals surface area (Å²) in [6, 6.07) is 4.80. The molecule has 0 aliphatic rings. The van der Waals surface area contributed by atoms with Crippen molar-refractivity contribution in [1.29, 1.82) is 0 Å². The Hall–Kier alpha value is -2.24. The monoisotopic (exact) mass is 253 g/mol. The van der Waals surface area contributed by atoms with Crippen molar-refractivity contribution in [2.75, 3.05) is 26.6 Å². The Morgan fingerprint density at radius 1 is 1.22 bits per heavy atom. The summed E-state index contributed by atoms with van der Waals surface area (Å²) in [6.07, 6.45) is 0.0892. The maximum absolute atomic E-state index is 11.5. The van der Waals surface area contributed by atoms with E-state index in [1.165, 1.54) is 14.2 Å². The number of carbonyl (C=O) groups is 2. The van der Waals surface area contributed by atoms with Crippen LogP contribution in [0.5, 0.6) is 5.75 Å². The predicted molar refractivity (Wildman–Crippen MR) is 64.3 cm³/mol. The number of nitrogens with two attached hydrogens (primary N) is 1. The molecule has 0 spiro atoms. The van der Waals surface area contributed by atoms with Gasteiger partial charge in [0.15, 0.2) is 0 Å². The summed E-state index contributed by atoms with van der Waals surface area (Å²) in [5.74, 6) is -0.689. The third kappa shape index (κ3) is 3.38. The number of carbonyl (C=O) groups excluding carboxylic acids is 2. The molecule has 0 unspecified atom stereocenters. The van der Waals surface area contributed by atoms with Gasteiger partial charge < -0.3 is 19.9 Å². The number of hydrogen-bond acceptors (Lipinski definition) is 6. The van der Waals surface area contributed by atoms with Crippen molar-refractivity contribution in [2.45, 2.75) is 6.42 Å². The average molecular weight is 253 g/mol. The third-order valence-corrected chi connectivity index (χ3v) is 2.24. The number of ether oxygens (including phenoxy) is 3. The van der Waals surface area contributed by atoms with Crippen LogP contribution in [0.25, 0.3) is 0 Å². The summed E-state index contributed by atoms with van der Waals surface area (Å²) >= 11 is 0. The summed E-state index contributed by atoms with van der Waals surface area (Å²) < 4.78 is 14.4. The van der Waals surface area contributed by atoms with Gasteiger partial charge in [0.05, 0.1) is 27.2 Å². The minimum absolute atomic E-state index is 0.0892. The van der Waals surface area contributed by atoms with Crippen molar-refractivity contribution in [3.05, 3.63) is 23.8 Å². The Labute approximate surface area is 105 Å². The van der Waals surface area contributed by atoms with E-state index in [-0.39, 0.29) is 30.0 Å². The number of methoxy groups -OCH3 is 2. The van der Waals surface area contributed by atoms with Crippen molar-refractivity contribution in [3.8, 4) is 5.75 Å². The van der Waals surface area contributed by atoms with Crippen LogP contribution < -0.4 is 10.5 Å². The van der Waals surface area contributed by atoms with E-state index in [0.717, 1.165) is 0 Å². The molecule has 6 nitrogen and oxygen atoms in total. The minimum atomic E-state index is -0.582. The van der Waals surface area contributed by atoms with Gasteiger partial charge in [-0.15, -0.1) is 0 Å². The number of benzene rings is 1. The van der Waals surface area contributed by atoms with Crippen LogP contribution in [0.3, 0.4) is 0 Å². The number of esters is 2. The lowest BCUT2D eigenvalue weighted by atomic mass is 10.1. The first-order chi connectivity index (χ1) is 8.60. The van der Waals surface area contributed by atoms with Crippen LogP contribution in [0.4, 0.5) is 5.69 Å². The third-order valence-electron chi connectivity index (χ3n) is 2.24. The molecule has 0 aromatic heterocycles. The second kappa shape index (κ2) is 6.48. The molecule has 0 aliphatic carbocycles. The predicted octanol–water partition coefficient (Wildman–Crippen LogP) is 0.997. The highest BCUT2D eigenvalue weighted by molar-refractivity contribution is 5.98. The second-order valence-corrected chi connectivity index (χ2v) is 3.39. The van der Waals surface area contributed by atoms with Crippen molar-refractivity contribution in [2.24, 2.45) is 0 Å². The fraction of sp³-hybridized carbons (Fsp3) is 0.333. The van der Waals surface area contributed by atoms with Crippen LogP contribution in [-0.2, 0) is 14.3 Å². The van der Waals surface area contributed by atoms with Crippen LogP contribution in [-0.4, -0.2) is 32.8 Å². The number of rotatable bonds is 5. The molecule has 98 valence electrons. The average Bonchev–Trinajstić information content (AvgIpc) is 2.37. The standard InChI is InChI=1S/C12H15NO5/c1-16-10(14)6-7-18-9-5-3-4-8(13)11(9)12(15)17-2/h3-5H,6-7,13H2,1-2H3. The van der Waals surface area contributed by atoms with Gasteiger partial charge in [0.1, 0.15) is 11.3 Å². The van der Waals surface area contributed by atoms with Gasteiger partial charge in [-0.1, -0.05) is 6.07 Å². The highest BCUT2D eigenvalue weighted by atomic mass is 16.5. The molecular formula is C12H15NO5. The van der Waals surface area contributed by atoms with E-state index >= 15 is 0 Å². The Morgan fingerprint density at radius 3 is 2.56 bits per heavy atom. The Morgan fingerprint density at radius 2 is 1.94 bits per heavy atom. The lowest BCUT2D eigenvalue weighted by molar-refractivity contribution is -0.141. The Bertz CT molecular complexity index is 444. The van der Waals surface area contributed by atoms with Crippen molar-refractivity contribution >= 4 is 17.6 Å². The molecule has 0 atom stereocenters. The van der Waals surface area contributed by atoms with E-state index in [1.54, 1.807) is 18.2 Å². The number of anilines is 1. The molecule has 0 amide bonds. The molecule has 0 fully saturated rings. The quantitative estimate of drug-likeness (QED) is 0.622. The zero-order valence-electron chi connectivity index (χ0n) is 10.3. The van der Waals surface area contributed by atoms with E-state index in [1.807, 2.05) is 0 Å². The van der Waals surface area contributed by atoms with Crippen LogP contribution in [0.15, 0.2) is 18.2 Å². The molecule has 6 heteroatoms. The molecule has 0 heterocycles. The summed E-state index contributed by atoms with van der Waals surface area (Å²) in [5.41, 5.74) is 6.10. The summed E-state index contributed by atoms with van der Waals surface area (Å²) in [5, 5.41) is 0. The molecule has 0 bridgehead atoms. The van der Waals surface area contributed by atoms with Crippen molar-refractivity contribution in [1.82, 2.24) is 0 Å². The van der Waals surface area contributed by atoms with E-state index in [4.69, 9.17) is 10.5 Å². The molecule has 0 saturated heterocycles. The van der Waals surface area contributed by atoms with Gasteiger partial charge in [0, 0.05) is 5.69 Å². The Kier molecular flexibility index (Phi) is 4.98. The van der Waals surface area contributed by atoms with Crippen LogP contribution in [0.1, 0.15) is 16.8 Å². The first-order valence-corrected chi connectivity index (χ1v) is 5.26. The lowest BCUT2D eigenvalue weighted by Crippen LogP contribution is -2.12. The van der Waals surface area contributed by atoms with Crippen molar-refractivity contribution < 1.29 is 23.8 Å². The van der Waals surface area contributed by atoms with Crippen LogP contribution in [0.2, 0.25) is 0 Å².